The van der Waals surface area contributed by atoms with Gasteiger partial charge in [-0.3, -0.25) is 0 Å². The summed E-state index contributed by atoms with van der Waals surface area (Å²) in [5.74, 6) is 0.401. The van der Waals surface area contributed by atoms with Crippen molar-refractivity contribution in [1.82, 2.24) is 0 Å². The van der Waals surface area contributed by atoms with Crippen LogP contribution in [0.15, 0.2) is 30.3 Å². The van der Waals surface area contributed by atoms with Crippen LogP contribution in [0.5, 0.6) is 5.75 Å². The maximum atomic E-state index is 10.4. The molecule has 0 atom stereocenters. The van der Waals surface area contributed by atoms with E-state index in [9.17, 15) is 4.79 Å². The number of hydrogen-bond acceptors (Lipinski definition) is 3. The van der Waals surface area contributed by atoms with Crippen LogP contribution in [0.4, 0.5) is 4.79 Å². The molecule has 0 unspecified atom stereocenters. The van der Waals surface area contributed by atoms with Crippen LogP contribution in [0.2, 0.25) is 0 Å². The largest absolute Gasteiger partial charge is 2.00 e. The van der Waals surface area contributed by atoms with Crippen LogP contribution in [0.3, 0.4) is 0 Å². The van der Waals surface area contributed by atoms with Crippen molar-refractivity contribution in [3.63, 3.8) is 0 Å². The van der Waals surface area contributed by atoms with Crippen molar-refractivity contribution in [3.05, 3.63) is 30.3 Å². The van der Waals surface area contributed by atoms with E-state index in [1.807, 2.05) is 0 Å². The molecule has 0 fully saturated rings. The van der Waals surface area contributed by atoms with Gasteiger partial charge in [0.25, 0.3) is 0 Å². The molecule has 58 valence electrons. The monoisotopic (exact) mass is 236 g/mol. The molecular weight excluding hydrogens is 233 g/mol. The van der Waals surface area contributed by atoms with Crippen LogP contribution < -0.4 is 4.74 Å². The maximum Gasteiger partial charge on any atom is 2.00 e. The fraction of sp³-hybridized carbons (Fsp3) is 0. The van der Waals surface area contributed by atoms with Gasteiger partial charge in [-0.05, 0) is 12.1 Å². The van der Waals surface area contributed by atoms with E-state index in [2.05, 4.69) is 9.03 Å². The number of rotatable bonds is 1. The van der Waals surface area contributed by atoms with Gasteiger partial charge >= 0.3 is 25.6 Å². The van der Waals surface area contributed by atoms with Crippen molar-refractivity contribution in [2.75, 3.05) is 0 Å². The third-order valence-corrected chi connectivity index (χ3v) is 1.13. The minimum Gasteiger partial charge on any atom is -0.394 e. The molecule has 5 heteroatoms. The zero-order chi connectivity index (χ0) is 8.10. The Hall–Kier alpha value is -0.597. The van der Waals surface area contributed by atoms with Gasteiger partial charge in [0.1, 0.15) is 17.6 Å². The summed E-state index contributed by atoms with van der Waals surface area (Å²) in [6.45, 7) is 0. The molecule has 0 saturated carbocycles. The fourth-order valence-corrected chi connectivity index (χ4v) is 0.632. The number of para-hydroxylation sites is 1. The number of benzene rings is 1. The molecule has 12 heavy (non-hydrogen) atoms. The van der Waals surface area contributed by atoms with Crippen LogP contribution in [0.1, 0.15) is 0 Å². The number of ether oxygens (including phenoxy) is 1. The van der Waals surface area contributed by atoms with E-state index in [-0.39, 0.29) is 19.5 Å². The molecule has 0 radical (unpaired) electrons. The SMILES string of the molecule is O=C(OCl)Oc1ccccc1.[Zn+2]. The van der Waals surface area contributed by atoms with Gasteiger partial charge in [-0.2, -0.15) is 0 Å². The standard InChI is InChI=1S/C7H5ClO3.Zn/c8-11-7(9)10-6-4-2-1-3-5-6;/h1-5H;/q;+2. The van der Waals surface area contributed by atoms with Gasteiger partial charge in [-0.1, -0.05) is 18.2 Å². The summed E-state index contributed by atoms with van der Waals surface area (Å²) in [4.78, 5) is 10.4. The van der Waals surface area contributed by atoms with Crippen molar-refractivity contribution < 1.29 is 33.3 Å². The first-order chi connectivity index (χ1) is 5.33. The zero-order valence-corrected chi connectivity index (χ0v) is 9.92. The number of hydrogen-bond donors (Lipinski definition) is 0. The smallest absolute Gasteiger partial charge is 0.394 e. The molecule has 1 aromatic rings. The number of halogens is 1. The molecule has 0 spiro atoms. The Bertz CT molecular complexity index is 240. The Balaban J connectivity index is 0.00000121. The molecule has 0 amide bonds. The van der Waals surface area contributed by atoms with Gasteiger partial charge in [0.05, 0.1) is 0 Å². The fourth-order valence-electron chi connectivity index (χ4n) is 0.601. The van der Waals surface area contributed by atoms with E-state index in [1.165, 1.54) is 0 Å². The Morgan fingerprint density at radius 3 is 2.33 bits per heavy atom. The normalized spacial score (nSPS) is 8.08. The molecular formula is C7H5ClO3Zn+2. The van der Waals surface area contributed by atoms with E-state index in [0.29, 0.717) is 5.75 Å². The molecule has 0 aliphatic rings. The van der Waals surface area contributed by atoms with Crippen LogP contribution in [-0.2, 0) is 23.8 Å². The van der Waals surface area contributed by atoms with Crippen molar-refractivity contribution in [2.24, 2.45) is 0 Å². The predicted molar refractivity (Wildman–Crippen MR) is 39.4 cm³/mol. The second-order valence-corrected chi connectivity index (χ2v) is 1.90. The summed E-state index contributed by atoms with van der Waals surface area (Å²) in [5, 5.41) is 0. The third-order valence-electron chi connectivity index (χ3n) is 1.01. The molecule has 1 rings (SSSR count). The first-order valence-corrected chi connectivity index (χ1v) is 3.19. The first kappa shape index (κ1) is 11.4. The number of carbonyl (C=O) groups excluding carboxylic acids is 1. The Morgan fingerprint density at radius 2 is 1.83 bits per heavy atom. The Labute approximate surface area is 87.5 Å². The molecule has 0 heterocycles. The zero-order valence-electron chi connectivity index (χ0n) is 6.20. The van der Waals surface area contributed by atoms with E-state index in [1.54, 1.807) is 30.3 Å². The quantitative estimate of drug-likeness (QED) is 0.428. The van der Waals surface area contributed by atoms with Crippen LogP contribution in [0.25, 0.3) is 0 Å². The molecule has 0 saturated heterocycles. The van der Waals surface area contributed by atoms with Crippen molar-refractivity contribution in [2.45, 2.75) is 0 Å². The maximum absolute atomic E-state index is 10.4. The van der Waals surface area contributed by atoms with Gasteiger partial charge in [0.2, 0.25) is 0 Å². The minimum absolute atomic E-state index is 0. The predicted octanol–water partition coefficient (Wildman–Crippen LogP) is 2.35. The van der Waals surface area contributed by atoms with Gasteiger partial charge in [0.15, 0.2) is 0 Å². The van der Waals surface area contributed by atoms with Crippen LogP contribution in [-0.4, -0.2) is 6.16 Å². The topological polar surface area (TPSA) is 35.5 Å². The molecule has 0 bridgehead atoms. The molecule has 3 nitrogen and oxygen atoms in total. The second kappa shape index (κ2) is 5.98. The van der Waals surface area contributed by atoms with Crippen LogP contribution in [0, 0.1) is 0 Å². The van der Waals surface area contributed by atoms with E-state index in [0.717, 1.165) is 0 Å². The Kier molecular flexibility index (Phi) is 5.68. The second-order valence-electron chi connectivity index (χ2n) is 1.74. The van der Waals surface area contributed by atoms with E-state index >= 15 is 0 Å². The van der Waals surface area contributed by atoms with Crippen molar-refractivity contribution in [1.29, 1.82) is 0 Å². The summed E-state index contributed by atoms with van der Waals surface area (Å²) < 4.78 is 8.34. The molecule has 0 aliphatic heterocycles. The minimum atomic E-state index is -0.933. The molecule has 0 aromatic heterocycles. The summed E-state index contributed by atoms with van der Waals surface area (Å²) in [5.41, 5.74) is 0. The third kappa shape index (κ3) is 3.70. The van der Waals surface area contributed by atoms with E-state index in [4.69, 9.17) is 11.9 Å². The first-order valence-electron chi connectivity index (χ1n) is 2.88. The summed E-state index contributed by atoms with van der Waals surface area (Å²) in [7, 11) is 0. The van der Waals surface area contributed by atoms with Gasteiger partial charge in [0, 0.05) is 0 Å². The van der Waals surface area contributed by atoms with Crippen molar-refractivity contribution >= 4 is 18.0 Å². The van der Waals surface area contributed by atoms with Gasteiger partial charge in [-0.25, -0.2) is 4.79 Å². The summed E-state index contributed by atoms with van der Waals surface area (Å²) in [6, 6.07) is 8.51. The van der Waals surface area contributed by atoms with Crippen LogP contribution >= 0.6 is 11.9 Å². The van der Waals surface area contributed by atoms with E-state index < -0.39 is 6.16 Å². The summed E-state index contributed by atoms with van der Waals surface area (Å²) in [6.07, 6.45) is -0.933. The average molecular weight is 238 g/mol. The molecule has 0 aliphatic carbocycles. The molecule has 0 N–H and O–H groups in total. The van der Waals surface area contributed by atoms with Gasteiger partial charge < -0.3 is 9.03 Å². The summed E-state index contributed by atoms with van der Waals surface area (Å²) >= 11 is 4.73. The number of carbonyl (C=O) groups is 1. The Morgan fingerprint density at radius 1 is 1.25 bits per heavy atom. The van der Waals surface area contributed by atoms with Gasteiger partial charge in [-0.15, -0.1) is 0 Å². The molecule has 1 aromatic carbocycles. The van der Waals surface area contributed by atoms with Crippen molar-refractivity contribution in [3.8, 4) is 5.75 Å². The average Bonchev–Trinajstić information content (AvgIpc) is 2.06.